The average Bonchev–Trinajstić information content (AvgIpc) is 2.78. The zero-order chi connectivity index (χ0) is 11.4. The maximum Gasteiger partial charge on any atom is 0.118 e. The van der Waals surface area contributed by atoms with Gasteiger partial charge in [-0.05, 0) is 17.7 Å². The molecule has 16 heavy (non-hydrogen) atoms. The Kier molecular flexibility index (Phi) is 3.54. The topological polar surface area (TPSA) is 48.1 Å². The fourth-order valence-electron chi connectivity index (χ4n) is 1.44. The Morgan fingerprint density at radius 2 is 2.06 bits per heavy atom. The number of benzene rings is 1. The monoisotopic (exact) mass is 234 g/mol. The summed E-state index contributed by atoms with van der Waals surface area (Å²) in [5, 5.41) is 3.12. The summed E-state index contributed by atoms with van der Waals surface area (Å²) < 4.78 is 5.11. The van der Waals surface area contributed by atoms with E-state index in [-0.39, 0.29) is 0 Å². The molecule has 0 aliphatic rings. The summed E-state index contributed by atoms with van der Waals surface area (Å²) in [6, 6.07) is 8.05. The Morgan fingerprint density at radius 1 is 1.31 bits per heavy atom. The van der Waals surface area contributed by atoms with Crippen molar-refractivity contribution in [3.8, 4) is 5.75 Å². The lowest BCUT2D eigenvalue weighted by Crippen LogP contribution is -1.96. The molecule has 84 valence electrons. The summed E-state index contributed by atoms with van der Waals surface area (Å²) in [4.78, 5) is 4.43. The number of rotatable bonds is 4. The second kappa shape index (κ2) is 5.09. The minimum atomic E-state index is 0.513. The molecule has 0 atom stereocenters. The summed E-state index contributed by atoms with van der Waals surface area (Å²) >= 11 is 1.66. The number of hydrogen-bond donors (Lipinski definition) is 1. The average molecular weight is 234 g/mol. The molecule has 1 aromatic heterocycles. The summed E-state index contributed by atoms with van der Waals surface area (Å²) in [6.45, 7) is 0.513. The molecule has 2 aromatic rings. The van der Waals surface area contributed by atoms with Crippen LogP contribution in [0, 0.1) is 0 Å². The third-order valence-corrected chi connectivity index (χ3v) is 3.22. The maximum atomic E-state index is 5.52. The van der Waals surface area contributed by atoms with Crippen LogP contribution >= 0.6 is 11.3 Å². The van der Waals surface area contributed by atoms with Gasteiger partial charge in [0, 0.05) is 18.3 Å². The van der Waals surface area contributed by atoms with Crippen molar-refractivity contribution in [2.24, 2.45) is 5.73 Å². The largest absolute Gasteiger partial charge is 0.497 e. The summed E-state index contributed by atoms with van der Waals surface area (Å²) in [5.41, 5.74) is 7.72. The highest BCUT2D eigenvalue weighted by molar-refractivity contribution is 7.09. The Morgan fingerprint density at radius 3 is 2.62 bits per heavy atom. The molecular weight excluding hydrogens is 220 g/mol. The standard InChI is InChI=1S/C12H14N2OS/c1-15-11-4-2-9(3-5-11)6-12-14-10(7-13)8-16-12/h2-5,8H,6-7,13H2,1H3. The van der Waals surface area contributed by atoms with E-state index in [1.807, 2.05) is 17.5 Å². The van der Waals surface area contributed by atoms with Crippen molar-refractivity contribution in [1.29, 1.82) is 0 Å². The third-order valence-electron chi connectivity index (χ3n) is 2.32. The van der Waals surface area contributed by atoms with Crippen LogP contribution in [0.2, 0.25) is 0 Å². The molecule has 3 nitrogen and oxygen atoms in total. The molecule has 2 N–H and O–H groups in total. The van der Waals surface area contributed by atoms with E-state index >= 15 is 0 Å². The van der Waals surface area contributed by atoms with Crippen LogP contribution in [0.25, 0.3) is 0 Å². The predicted molar refractivity (Wildman–Crippen MR) is 65.8 cm³/mol. The molecule has 0 fully saturated rings. The zero-order valence-electron chi connectivity index (χ0n) is 9.14. The van der Waals surface area contributed by atoms with Gasteiger partial charge in [-0.1, -0.05) is 12.1 Å². The first kappa shape index (κ1) is 11.1. The molecule has 4 heteroatoms. The molecule has 0 saturated carbocycles. The predicted octanol–water partition coefficient (Wildman–Crippen LogP) is 2.20. The van der Waals surface area contributed by atoms with Crippen LogP contribution < -0.4 is 10.5 Å². The first-order valence-electron chi connectivity index (χ1n) is 5.08. The number of thiazole rings is 1. The fourth-order valence-corrected chi connectivity index (χ4v) is 2.28. The van der Waals surface area contributed by atoms with Gasteiger partial charge < -0.3 is 10.5 Å². The van der Waals surface area contributed by atoms with E-state index in [0.29, 0.717) is 6.54 Å². The number of aromatic nitrogens is 1. The molecule has 2 rings (SSSR count). The minimum absolute atomic E-state index is 0.513. The van der Waals surface area contributed by atoms with Crippen molar-refractivity contribution in [3.63, 3.8) is 0 Å². The number of nitrogens with zero attached hydrogens (tertiary/aromatic N) is 1. The number of methoxy groups -OCH3 is 1. The van der Waals surface area contributed by atoms with Crippen molar-refractivity contribution in [1.82, 2.24) is 4.98 Å². The van der Waals surface area contributed by atoms with Crippen molar-refractivity contribution < 1.29 is 4.74 Å². The smallest absolute Gasteiger partial charge is 0.118 e. The van der Waals surface area contributed by atoms with Crippen LogP contribution in [0.5, 0.6) is 5.75 Å². The molecule has 0 radical (unpaired) electrons. The van der Waals surface area contributed by atoms with E-state index < -0.39 is 0 Å². The number of nitrogens with two attached hydrogens (primary N) is 1. The SMILES string of the molecule is COc1ccc(Cc2nc(CN)cs2)cc1. The lowest BCUT2D eigenvalue weighted by Gasteiger charge is -2.01. The van der Waals surface area contributed by atoms with Gasteiger partial charge in [0.05, 0.1) is 17.8 Å². The molecule has 1 heterocycles. The zero-order valence-corrected chi connectivity index (χ0v) is 9.96. The number of ether oxygens (including phenoxy) is 1. The molecule has 1 aromatic carbocycles. The van der Waals surface area contributed by atoms with Gasteiger partial charge >= 0.3 is 0 Å². The van der Waals surface area contributed by atoms with E-state index in [9.17, 15) is 0 Å². The van der Waals surface area contributed by atoms with Gasteiger partial charge in [0.2, 0.25) is 0 Å². The maximum absolute atomic E-state index is 5.52. The van der Waals surface area contributed by atoms with Crippen LogP contribution in [-0.2, 0) is 13.0 Å². The lowest BCUT2D eigenvalue weighted by molar-refractivity contribution is 0.414. The molecule has 0 spiro atoms. The van der Waals surface area contributed by atoms with Crippen molar-refractivity contribution in [3.05, 3.63) is 45.9 Å². The highest BCUT2D eigenvalue weighted by atomic mass is 32.1. The van der Waals surface area contributed by atoms with E-state index in [4.69, 9.17) is 10.5 Å². The number of hydrogen-bond acceptors (Lipinski definition) is 4. The van der Waals surface area contributed by atoms with Gasteiger partial charge in [-0.25, -0.2) is 4.98 Å². The van der Waals surface area contributed by atoms with E-state index in [2.05, 4.69) is 17.1 Å². The van der Waals surface area contributed by atoms with Gasteiger partial charge in [0.15, 0.2) is 0 Å². The highest BCUT2D eigenvalue weighted by Crippen LogP contribution is 2.17. The molecule has 0 bridgehead atoms. The van der Waals surface area contributed by atoms with Crippen LogP contribution in [0.4, 0.5) is 0 Å². The van der Waals surface area contributed by atoms with E-state index in [1.54, 1.807) is 18.4 Å². The third kappa shape index (κ3) is 2.59. The first-order valence-corrected chi connectivity index (χ1v) is 5.96. The van der Waals surface area contributed by atoms with Crippen LogP contribution in [0.1, 0.15) is 16.3 Å². The van der Waals surface area contributed by atoms with E-state index in [0.717, 1.165) is 22.9 Å². The summed E-state index contributed by atoms with van der Waals surface area (Å²) in [6.07, 6.45) is 0.856. The second-order valence-corrected chi connectivity index (χ2v) is 4.40. The van der Waals surface area contributed by atoms with Gasteiger partial charge in [0.1, 0.15) is 5.75 Å². The quantitative estimate of drug-likeness (QED) is 0.882. The first-order chi connectivity index (χ1) is 7.81. The fraction of sp³-hybridized carbons (Fsp3) is 0.250. The minimum Gasteiger partial charge on any atom is -0.497 e. The Bertz CT molecular complexity index is 450. The Labute approximate surface area is 98.9 Å². The summed E-state index contributed by atoms with van der Waals surface area (Å²) in [7, 11) is 1.67. The summed E-state index contributed by atoms with van der Waals surface area (Å²) in [5.74, 6) is 0.880. The molecule has 0 amide bonds. The normalized spacial score (nSPS) is 10.4. The van der Waals surface area contributed by atoms with Crippen LogP contribution in [0.3, 0.4) is 0 Å². The highest BCUT2D eigenvalue weighted by Gasteiger charge is 2.02. The molecule has 0 aliphatic carbocycles. The van der Waals surface area contributed by atoms with Gasteiger partial charge in [0.25, 0.3) is 0 Å². The second-order valence-electron chi connectivity index (χ2n) is 3.46. The van der Waals surface area contributed by atoms with E-state index in [1.165, 1.54) is 5.56 Å². The lowest BCUT2D eigenvalue weighted by atomic mass is 10.1. The van der Waals surface area contributed by atoms with Crippen LogP contribution in [-0.4, -0.2) is 12.1 Å². The van der Waals surface area contributed by atoms with Gasteiger partial charge in [-0.3, -0.25) is 0 Å². The van der Waals surface area contributed by atoms with Crippen LogP contribution in [0.15, 0.2) is 29.6 Å². The van der Waals surface area contributed by atoms with Crippen molar-refractivity contribution in [2.75, 3.05) is 7.11 Å². The van der Waals surface area contributed by atoms with Crippen molar-refractivity contribution >= 4 is 11.3 Å². The van der Waals surface area contributed by atoms with Crippen molar-refractivity contribution in [2.45, 2.75) is 13.0 Å². The van der Waals surface area contributed by atoms with Gasteiger partial charge in [-0.2, -0.15) is 0 Å². The molecular formula is C12H14N2OS. The van der Waals surface area contributed by atoms with Gasteiger partial charge in [-0.15, -0.1) is 11.3 Å². The Balaban J connectivity index is 2.08. The molecule has 0 aliphatic heterocycles. The Hall–Kier alpha value is -1.39. The molecule has 0 unspecified atom stereocenters. The molecule has 0 saturated heterocycles.